The van der Waals surface area contributed by atoms with E-state index < -0.39 is 0 Å². The molecule has 130 valence electrons. The first-order valence-electron chi connectivity index (χ1n) is 8.59. The van der Waals surface area contributed by atoms with Gasteiger partial charge >= 0.3 is 6.03 Å². The van der Waals surface area contributed by atoms with Crippen molar-refractivity contribution < 1.29 is 9.53 Å². The van der Waals surface area contributed by atoms with Crippen molar-refractivity contribution in [2.24, 2.45) is 0 Å². The largest absolute Gasteiger partial charge is 0.493 e. The van der Waals surface area contributed by atoms with Crippen LogP contribution in [0.1, 0.15) is 32.3 Å². The van der Waals surface area contributed by atoms with E-state index >= 15 is 0 Å². The van der Waals surface area contributed by atoms with Gasteiger partial charge in [-0.25, -0.2) is 4.79 Å². The summed E-state index contributed by atoms with van der Waals surface area (Å²) in [6.07, 6.45) is 1.77. The number of aryl methyl sites for hydroxylation is 1. The molecular formula is C18H31N3O2. The zero-order valence-corrected chi connectivity index (χ0v) is 14.7. The zero-order valence-electron chi connectivity index (χ0n) is 14.7. The van der Waals surface area contributed by atoms with Crippen molar-refractivity contribution in [3.05, 3.63) is 29.8 Å². The lowest BCUT2D eigenvalue weighted by molar-refractivity contribution is 0.237. The topological polar surface area (TPSA) is 53.6 Å². The molecular weight excluding hydrogens is 290 g/mol. The summed E-state index contributed by atoms with van der Waals surface area (Å²) in [4.78, 5) is 14.0. The van der Waals surface area contributed by atoms with Crippen molar-refractivity contribution >= 4 is 6.03 Å². The number of amides is 2. The van der Waals surface area contributed by atoms with Crippen molar-refractivity contribution in [2.75, 3.05) is 39.3 Å². The van der Waals surface area contributed by atoms with Gasteiger partial charge in [0.05, 0.1) is 6.61 Å². The fraction of sp³-hybridized carbons (Fsp3) is 0.611. The third-order valence-corrected chi connectivity index (χ3v) is 3.79. The number of carbonyl (C=O) groups excluding carboxylic acids is 1. The number of ether oxygens (including phenoxy) is 1. The second kappa shape index (κ2) is 11.8. The molecule has 0 aromatic heterocycles. The van der Waals surface area contributed by atoms with Crippen LogP contribution in [0.25, 0.3) is 0 Å². The number of hydrogen-bond donors (Lipinski definition) is 2. The lowest BCUT2D eigenvalue weighted by Crippen LogP contribution is -2.38. The van der Waals surface area contributed by atoms with Gasteiger partial charge < -0.3 is 20.3 Å². The molecule has 1 aromatic rings. The molecule has 0 aliphatic rings. The summed E-state index contributed by atoms with van der Waals surface area (Å²) in [7, 11) is 0. The smallest absolute Gasteiger partial charge is 0.314 e. The van der Waals surface area contributed by atoms with E-state index in [0.717, 1.165) is 43.8 Å². The van der Waals surface area contributed by atoms with Crippen LogP contribution in [0.4, 0.5) is 4.79 Å². The third kappa shape index (κ3) is 8.45. The standard InChI is InChI=1S/C18H31N3O2/c1-4-21(5-2)14-8-12-19-18(22)20-13-9-15-23-17-11-7-6-10-16(17)3/h6-7,10-11H,4-5,8-9,12-15H2,1-3H3,(H2,19,20,22). The molecule has 0 saturated heterocycles. The number of hydrogen-bond acceptors (Lipinski definition) is 3. The number of nitrogens with one attached hydrogen (secondary N) is 2. The van der Waals surface area contributed by atoms with Gasteiger partial charge in [-0.15, -0.1) is 0 Å². The molecule has 23 heavy (non-hydrogen) atoms. The molecule has 0 bridgehead atoms. The van der Waals surface area contributed by atoms with E-state index in [2.05, 4.69) is 29.4 Å². The molecule has 1 aromatic carbocycles. The maximum atomic E-state index is 11.6. The van der Waals surface area contributed by atoms with Gasteiger partial charge in [-0.3, -0.25) is 0 Å². The van der Waals surface area contributed by atoms with Crippen LogP contribution in [0.15, 0.2) is 24.3 Å². The Morgan fingerprint density at radius 3 is 2.39 bits per heavy atom. The molecule has 0 fully saturated rings. The lowest BCUT2D eigenvalue weighted by Gasteiger charge is -2.17. The van der Waals surface area contributed by atoms with Crippen molar-refractivity contribution in [3.63, 3.8) is 0 Å². The molecule has 2 amide bonds. The molecule has 0 unspecified atom stereocenters. The van der Waals surface area contributed by atoms with E-state index in [1.165, 1.54) is 0 Å². The average Bonchev–Trinajstić information content (AvgIpc) is 2.56. The Morgan fingerprint density at radius 2 is 1.74 bits per heavy atom. The molecule has 1 rings (SSSR count). The van der Waals surface area contributed by atoms with Gasteiger partial charge in [-0.2, -0.15) is 0 Å². The van der Waals surface area contributed by atoms with Crippen molar-refractivity contribution in [3.8, 4) is 5.75 Å². The van der Waals surface area contributed by atoms with Crippen LogP contribution in [-0.4, -0.2) is 50.3 Å². The van der Waals surface area contributed by atoms with E-state index in [1.807, 2.05) is 31.2 Å². The second-order valence-electron chi connectivity index (χ2n) is 5.53. The Labute approximate surface area is 140 Å². The first kappa shape index (κ1) is 19.3. The normalized spacial score (nSPS) is 10.6. The van der Waals surface area contributed by atoms with Gasteiger partial charge in [0.2, 0.25) is 0 Å². The highest BCUT2D eigenvalue weighted by molar-refractivity contribution is 5.73. The SMILES string of the molecule is CCN(CC)CCCNC(=O)NCCCOc1ccccc1C. The quantitative estimate of drug-likeness (QED) is 0.616. The molecule has 2 N–H and O–H groups in total. The van der Waals surface area contributed by atoms with E-state index in [9.17, 15) is 4.79 Å². The van der Waals surface area contributed by atoms with Gasteiger partial charge in [0, 0.05) is 13.1 Å². The van der Waals surface area contributed by atoms with Crippen molar-refractivity contribution in [1.29, 1.82) is 0 Å². The number of benzene rings is 1. The summed E-state index contributed by atoms with van der Waals surface area (Å²) in [5, 5.41) is 5.74. The fourth-order valence-electron chi connectivity index (χ4n) is 2.28. The summed E-state index contributed by atoms with van der Waals surface area (Å²) in [6.45, 7) is 11.4. The van der Waals surface area contributed by atoms with Gasteiger partial charge in [0.15, 0.2) is 0 Å². The Kier molecular flexibility index (Phi) is 9.87. The van der Waals surface area contributed by atoms with Crippen LogP contribution >= 0.6 is 0 Å². The van der Waals surface area contributed by atoms with Crippen LogP contribution in [0.3, 0.4) is 0 Å². The fourth-order valence-corrected chi connectivity index (χ4v) is 2.28. The van der Waals surface area contributed by atoms with E-state index in [0.29, 0.717) is 19.7 Å². The number of rotatable bonds is 11. The summed E-state index contributed by atoms with van der Waals surface area (Å²) < 4.78 is 5.69. The van der Waals surface area contributed by atoms with Crippen LogP contribution in [-0.2, 0) is 0 Å². The number of nitrogens with zero attached hydrogens (tertiary/aromatic N) is 1. The van der Waals surface area contributed by atoms with Gasteiger partial charge in [-0.1, -0.05) is 32.0 Å². The van der Waals surface area contributed by atoms with Crippen LogP contribution in [0, 0.1) is 6.92 Å². The predicted octanol–water partition coefficient (Wildman–Crippen LogP) is 2.80. The molecule has 5 nitrogen and oxygen atoms in total. The predicted molar refractivity (Wildman–Crippen MR) is 95.1 cm³/mol. The van der Waals surface area contributed by atoms with Gasteiger partial charge in [0.1, 0.15) is 5.75 Å². The minimum absolute atomic E-state index is 0.0968. The monoisotopic (exact) mass is 321 g/mol. The Hall–Kier alpha value is -1.75. The first-order chi connectivity index (χ1) is 11.2. The molecule has 0 aliphatic carbocycles. The molecule has 0 atom stereocenters. The summed E-state index contributed by atoms with van der Waals surface area (Å²) in [6, 6.07) is 7.85. The number of urea groups is 1. The van der Waals surface area contributed by atoms with Crippen molar-refractivity contribution in [2.45, 2.75) is 33.6 Å². The lowest BCUT2D eigenvalue weighted by atomic mass is 10.2. The first-order valence-corrected chi connectivity index (χ1v) is 8.59. The molecule has 0 aliphatic heterocycles. The second-order valence-corrected chi connectivity index (χ2v) is 5.53. The molecule has 0 heterocycles. The van der Waals surface area contributed by atoms with Crippen LogP contribution < -0.4 is 15.4 Å². The van der Waals surface area contributed by atoms with E-state index in [1.54, 1.807) is 0 Å². The Bertz CT molecular complexity index is 448. The average molecular weight is 321 g/mol. The zero-order chi connectivity index (χ0) is 16.9. The Balaban J connectivity index is 2.01. The molecule has 0 spiro atoms. The molecule has 0 saturated carbocycles. The Morgan fingerprint density at radius 1 is 1.09 bits per heavy atom. The molecule has 0 radical (unpaired) electrons. The summed E-state index contributed by atoms with van der Waals surface area (Å²) in [5.74, 6) is 0.911. The minimum atomic E-state index is -0.0968. The molecule has 5 heteroatoms. The highest BCUT2D eigenvalue weighted by atomic mass is 16.5. The van der Waals surface area contributed by atoms with Crippen LogP contribution in [0.5, 0.6) is 5.75 Å². The highest BCUT2D eigenvalue weighted by Crippen LogP contribution is 2.15. The maximum Gasteiger partial charge on any atom is 0.314 e. The maximum absolute atomic E-state index is 11.6. The number of para-hydroxylation sites is 1. The van der Waals surface area contributed by atoms with Crippen LogP contribution in [0.2, 0.25) is 0 Å². The van der Waals surface area contributed by atoms with E-state index in [4.69, 9.17) is 4.74 Å². The minimum Gasteiger partial charge on any atom is -0.493 e. The summed E-state index contributed by atoms with van der Waals surface area (Å²) in [5.41, 5.74) is 1.13. The number of carbonyl (C=O) groups is 1. The van der Waals surface area contributed by atoms with Gasteiger partial charge in [0.25, 0.3) is 0 Å². The van der Waals surface area contributed by atoms with E-state index in [-0.39, 0.29) is 6.03 Å². The van der Waals surface area contributed by atoms with Crippen molar-refractivity contribution in [1.82, 2.24) is 15.5 Å². The highest BCUT2D eigenvalue weighted by Gasteiger charge is 2.02. The summed E-state index contributed by atoms with van der Waals surface area (Å²) >= 11 is 0. The van der Waals surface area contributed by atoms with Gasteiger partial charge in [-0.05, 0) is 51.0 Å². The third-order valence-electron chi connectivity index (χ3n) is 3.79.